The van der Waals surface area contributed by atoms with Crippen LogP contribution in [0.4, 0.5) is 0 Å². The molecule has 0 saturated heterocycles. The highest BCUT2D eigenvalue weighted by molar-refractivity contribution is 8.00. The van der Waals surface area contributed by atoms with Crippen LogP contribution in [0.15, 0.2) is 47.9 Å². The summed E-state index contributed by atoms with van der Waals surface area (Å²) in [7, 11) is 0. The third-order valence-corrected chi connectivity index (χ3v) is 5.14. The Hall–Kier alpha value is -2.65. The summed E-state index contributed by atoms with van der Waals surface area (Å²) in [5.41, 5.74) is 4.50. The van der Waals surface area contributed by atoms with Crippen molar-refractivity contribution in [3.8, 4) is 23.1 Å². The molecule has 0 aliphatic carbocycles. The van der Waals surface area contributed by atoms with Crippen LogP contribution in [-0.2, 0) is 12.8 Å². The largest absolute Gasteiger partial charge is 0.269 e. The standard InChI is InChI=1S/C20H21N5S/c1-4-15-8-6-9-16(5-2)18(15)25-19(17-10-7-11-22-13-17)23-24-20(25)26-14(3)12-21/h6-11,13-14H,4-5H2,1-3H3/t14-/m0/s1. The molecule has 132 valence electrons. The van der Waals surface area contributed by atoms with Gasteiger partial charge in [0, 0.05) is 18.0 Å². The van der Waals surface area contributed by atoms with Crippen LogP contribution in [0.3, 0.4) is 0 Å². The average Bonchev–Trinajstić information content (AvgIpc) is 3.10. The fourth-order valence-corrected chi connectivity index (χ4v) is 3.66. The third-order valence-electron chi connectivity index (χ3n) is 4.21. The monoisotopic (exact) mass is 363 g/mol. The van der Waals surface area contributed by atoms with Crippen molar-refractivity contribution in [2.24, 2.45) is 0 Å². The first-order valence-electron chi connectivity index (χ1n) is 8.72. The Labute approximate surface area is 158 Å². The number of thioether (sulfide) groups is 1. The Balaban J connectivity index is 2.28. The molecule has 0 saturated carbocycles. The Kier molecular flexibility index (Phi) is 5.69. The van der Waals surface area contributed by atoms with E-state index < -0.39 is 0 Å². The number of hydrogen-bond donors (Lipinski definition) is 0. The number of benzene rings is 1. The van der Waals surface area contributed by atoms with Gasteiger partial charge in [0.2, 0.25) is 0 Å². The van der Waals surface area contributed by atoms with Crippen LogP contribution < -0.4 is 0 Å². The van der Waals surface area contributed by atoms with E-state index in [0.717, 1.165) is 35.1 Å². The SMILES string of the molecule is CCc1cccc(CC)c1-n1c(S[C@@H](C)C#N)nnc1-c1cccnc1. The van der Waals surface area contributed by atoms with Crippen molar-refractivity contribution in [2.75, 3.05) is 0 Å². The molecule has 3 rings (SSSR count). The molecule has 2 heterocycles. The number of hydrogen-bond acceptors (Lipinski definition) is 5. The Morgan fingerprint density at radius 3 is 2.42 bits per heavy atom. The molecule has 0 spiro atoms. The molecule has 1 atom stereocenters. The van der Waals surface area contributed by atoms with E-state index in [1.807, 2.05) is 19.1 Å². The third kappa shape index (κ3) is 3.49. The lowest BCUT2D eigenvalue weighted by Gasteiger charge is -2.18. The number of aryl methyl sites for hydroxylation is 2. The second-order valence-electron chi connectivity index (χ2n) is 5.90. The first kappa shape index (κ1) is 18.2. The van der Waals surface area contributed by atoms with Gasteiger partial charge in [-0.15, -0.1) is 10.2 Å². The summed E-state index contributed by atoms with van der Waals surface area (Å²) >= 11 is 1.43. The summed E-state index contributed by atoms with van der Waals surface area (Å²) in [4.78, 5) is 4.23. The van der Waals surface area contributed by atoms with Gasteiger partial charge >= 0.3 is 0 Å². The first-order valence-corrected chi connectivity index (χ1v) is 9.60. The van der Waals surface area contributed by atoms with Gasteiger partial charge in [-0.3, -0.25) is 9.55 Å². The zero-order valence-electron chi connectivity index (χ0n) is 15.2. The lowest BCUT2D eigenvalue weighted by atomic mass is 10.0. The zero-order chi connectivity index (χ0) is 18.5. The number of pyridine rings is 1. The van der Waals surface area contributed by atoms with E-state index in [0.29, 0.717) is 0 Å². The normalized spacial score (nSPS) is 11.9. The Bertz CT molecular complexity index is 905. The first-order chi connectivity index (χ1) is 12.7. The van der Waals surface area contributed by atoms with Crippen LogP contribution in [0.5, 0.6) is 0 Å². The van der Waals surface area contributed by atoms with Crippen LogP contribution in [0.25, 0.3) is 17.1 Å². The van der Waals surface area contributed by atoms with Crippen molar-refractivity contribution < 1.29 is 0 Å². The van der Waals surface area contributed by atoms with E-state index >= 15 is 0 Å². The lowest BCUT2D eigenvalue weighted by Crippen LogP contribution is -2.08. The summed E-state index contributed by atoms with van der Waals surface area (Å²) < 4.78 is 2.09. The van der Waals surface area contributed by atoms with Gasteiger partial charge in [0.25, 0.3) is 0 Å². The number of para-hydroxylation sites is 1. The van der Waals surface area contributed by atoms with Crippen LogP contribution in [0.1, 0.15) is 31.9 Å². The number of nitrogens with zero attached hydrogens (tertiary/aromatic N) is 5. The van der Waals surface area contributed by atoms with Crippen LogP contribution >= 0.6 is 11.8 Å². The number of nitriles is 1. The summed E-state index contributed by atoms with van der Waals surface area (Å²) in [6, 6.07) is 12.5. The van der Waals surface area contributed by atoms with E-state index in [-0.39, 0.29) is 5.25 Å². The number of aromatic nitrogens is 4. The smallest absolute Gasteiger partial charge is 0.197 e. The molecule has 0 bridgehead atoms. The minimum absolute atomic E-state index is 0.210. The summed E-state index contributed by atoms with van der Waals surface area (Å²) in [5, 5.41) is 18.6. The zero-order valence-corrected chi connectivity index (χ0v) is 16.0. The maximum Gasteiger partial charge on any atom is 0.197 e. The van der Waals surface area contributed by atoms with Crippen LogP contribution in [0.2, 0.25) is 0 Å². The number of rotatable bonds is 6. The van der Waals surface area contributed by atoms with E-state index in [1.165, 1.54) is 22.9 Å². The highest BCUT2D eigenvalue weighted by Gasteiger charge is 2.21. The van der Waals surface area contributed by atoms with Gasteiger partial charge in [0.1, 0.15) is 0 Å². The maximum absolute atomic E-state index is 9.24. The predicted molar refractivity (Wildman–Crippen MR) is 104 cm³/mol. The van der Waals surface area contributed by atoms with E-state index in [1.54, 1.807) is 12.4 Å². The Morgan fingerprint density at radius 2 is 1.85 bits per heavy atom. The molecule has 3 aromatic rings. The quantitative estimate of drug-likeness (QED) is 0.605. The molecular weight excluding hydrogens is 342 g/mol. The van der Waals surface area contributed by atoms with Gasteiger partial charge in [0.15, 0.2) is 11.0 Å². The summed E-state index contributed by atoms with van der Waals surface area (Å²) in [6.45, 7) is 6.17. The molecule has 2 aromatic heterocycles. The minimum atomic E-state index is -0.210. The van der Waals surface area contributed by atoms with Crippen LogP contribution in [0, 0.1) is 11.3 Å². The maximum atomic E-state index is 9.24. The van der Waals surface area contributed by atoms with Gasteiger partial charge in [-0.25, -0.2) is 0 Å². The van der Waals surface area contributed by atoms with E-state index in [2.05, 4.69) is 57.9 Å². The molecule has 6 heteroatoms. The van der Waals surface area contributed by atoms with Gasteiger partial charge in [-0.1, -0.05) is 43.8 Å². The molecule has 1 aromatic carbocycles. The predicted octanol–water partition coefficient (Wildman–Crippen LogP) is 4.46. The van der Waals surface area contributed by atoms with Crippen molar-refractivity contribution in [3.05, 3.63) is 53.9 Å². The molecule has 0 radical (unpaired) electrons. The van der Waals surface area contributed by atoms with Gasteiger partial charge in [-0.05, 0) is 43.0 Å². The molecule has 0 aliphatic heterocycles. The summed E-state index contributed by atoms with van der Waals surface area (Å²) in [5.74, 6) is 0.751. The van der Waals surface area contributed by atoms with Gasteiger partial charge < -0.3 is 0 Å². The lowest BCUT2D eigenvalue weighted by molar-refractivity contribution is 0.856. The molecular formula is C20H21N5S. The molecule has 0 unspecified atom stereocenters. The van der Waals surface area contributed by atoms with Crippen molar-refractivity contribution in [1.29, 1.82) is 5.26 Å². The fraction of sp³-hybridized carbons (Fsp3) is 0.300. The van der Waals surface area contributed by atoms with E-state index in [9.17, 15) is 5.26 Å². The molecule has 26 heavy (non-hydrogen) atoms. The fourth-order valence-electron chi connectivity index (χ4n) is 2.92. The molecule has 0 aliphatic rings. The minimum Gasteiger partial charge on any atom is -0.269 e. The highest BCUT2D eigenvalue weighted by Crippen LogP contribution is 2.33. The molecule has 0 N–H and O–H groups in total. The molecule has 0 amide bonds. The summed E-state index contributed by atoms with van der Waals surface area (Å²) in [6.07, 6.45) is 5.36. The van der Waals surface area contributed by atoms with Crippen LogP contribution in [-0.4, -0.2) is 25.0 Å². The second-order valence-corrected chi connectivity index (χ2v) is 7.21. The molecule has 0 fully saturated rings. The van der Waals surface area contributed by atoms with Gasteiger partial charge in [0.05, 0.1) is 17.0 Å². The van der Waals surface area contributed by atoms with Crippen molar-refractivity contribution in [3.63, 3.8) is 0 Å². The average molecular weight is 363 g/mol. The van der Waals surface area contributed by atoms with Crippen molar-refractivity contribution in [2.45, 2.75) is 44.0 Å². The highest BCUT2D eigenvalue weighted by atomic mass is 32.2. The Morgan fingerprint density at radius 1 is 1.12 bits per heavy atom. The second kappa shape index (κ2) is 8.15. The van der Waals surface area contributed by atoms with Crippen molar-refractivity contribution >= 4 is 11.8 Å². The topological polar surface area (TPSA) is 67.4 Å². The van der Waals surface area contributed by atoms with Gasteiger partial charge in [-0.2, -0.15) is 5.26 Å². The van der Waals surface area contributed by atoms with E-state index in [4.69, 9.17) is 0 Å². The van der Waals surface area contributed by atoms with Crippen molar-refractivity contribution in [1.82, 2.24) is 19.7 Å². The molecule has 5 nitrogen and oxygen atoms in total.